The van der Waals surface area contributed by atoms with Gasteiger partial charge < -0.3 is 4.74 Å². The molecule has 0 radical (unpaired) electrons. The first-order valence-electron chi connectivity index (χ1n) is 7.22. The van der Waals surface area contributed by atoms with Crippen molar-refractivity contribution in [3.63, 3.8) is 0 Å². The number of ether oxygens (including phenoxy) is 1. The smallest absolute Gasteiger partial charge is 0.362 e. The van der Waals surface area contributed by atoms with Crippen LogP contribution in [0.2, 0.25) is 0 Å². The number of nitrogens with zero attached hydrogens (tertiary/aromatic N) is 3. The number of nitriles is 1. The van der Waals surface area contributed by atoms with Gasteiger partial charge in [0.05, 0.1) is 17.8 Å². The van der Waals surface area contributed by atoms with Crippen molar-refractivity contribution in [2.45, 2.75) is 5.16 Å². The number of imidazole rings is 1. The Labute approximate surface area is 147 Å². The Morgan fingerprint density at radius 3 is 2.48 bits per heavy atom. The molecular weight excluding hydrogens is 341 g/mol. The van der Waals surface area contributed by atoms with Crippen molar-refractivity contribution >= 4 is 17.7 Å². The average Bonchev–Trinajstić information content (AvgIpc) is 3.07. The van der Waals surface area contributed by atoms with Gasteiger partial charge in [0.15, 0.2) is 10.9 Å². The summed E-state index contributed by atoms with van der Waals surface area (Å²) in [6.07, 6.45) is 3.25. The molecule has 0 aliphatic carbocycles. The van der Waals surface area contributed by atoms with E-state index in [1.54, 1.807) is 41.0 Å². The van der Waals surface area contributed by atoms with E-state index >= 15 is 0 Å². The summed E-state index contributed by atoms with van der Waals surface area (Å²) in [6, 6.07) is 14.0. The molecular formula is C18H12FN3O2S. The summed E-state index contributed by atoms with van der Waals surface area (Å²) in [5, 5.41) is 9.38. The van der Waals surface area contributed by atoms with E-state index in [2.05, 4.69) is 4.98 Å². The molecule has 0 saturated carbocycles. The molecule has 0 unspecified atom stereocenters. The minimum absolute atomic E-state index is 0.223. The predicted molar refractivity (Wildman–Crippen MR) is 91.4 cm³/mol. The van der Waals surface area contributed by atoms with E-state index in [1.807, 2.05) is 12.3 Å². The van der Waals surface area contributed by atoms with E-state index in [1.165, 1.54) is 30.1 Å². The third kappa shape index (κ3) is 3.54. The SMILES string of the molecule is CSc1ncc(C(=O)Oc2ccc(C#N)cc2)n1-c1ccc(F)cc1. The number of hydrogen-bond donors (Lipinski definition) is 0. The van der Waals surface area contributed by atoms with Crippen molar-refractivity contribution in [2.24, 2.45) is 0 Å². The molecule has 0 aliphatic heterocycles. The van der Waals surface area contributed by atoms with Gasteiger partial charge in [-0.25, -0.2) is 14.2 Å². The standard InChI is InChI=1S/C18H12FN3O2S/c1-25-18-21-11-16(22(18)14-6-4-13(19)5-7-14)17(23)24-15-8-2-12(10-20)3-9-15/h2-9,11H,1H3. The van der Waals surface area contributed by atoms with Crippen LogP contribution in [0.4, 0.5) is 4.39 Å². The van der Waals surface area contributed by atoms with E-state index in [9.17, 15) is 9.18 Å². The number of halogens is 1. The fourth-order valence-corrected chi connectivity index (χ4v) is 2.76. The van der Waals surface area contributed by atoms with Crippen molar-refractivity contribution in [3.05, 3.63) is 71.8 Å². The molecule has 7 heteroatoms. The van der Waals surface area contributed by atoms with Gasteiger partial charge in [0.2, 0.25) is 0 Å². The normalized spacial score (nSPS) is 10.3. The van der Waals surface area contributed by atoms with Crippen molar-refractivity contribution in [3.8, 4) is 17.5 Å². The number of benzene rings is 2. The fourth-order valence-electron chi connectivity index (χ4n) is 2.22. The van der Waals surface area contributed by atoms with Crippen LogP contribution in [0.1, 0.15) is 16.1 Å². The van der Waals surface area contributed by atoms with E-state index in [0.29, 0.717) is 22.2 Å². The van der Waals surface area contributed by atoms with Crippen LogP contribution in [-0.4, -0.2) is 21.8 Å². The molecule has 3 rings (SSSR count). The summed E-state index contributed by atoms with van der Waals surface area (Å²) >= 11 is 1.36. The quantitative estimate of drug-likeness (QED) is 0.405. The Balaban J connectivity index is 1.93. The molecule has 0 atom stereocenters. The summed E-state index contributed by atoms with van der Waals surface area (Å²) in [5.74, 6) is -0.639. The van der Waals surface area contributed by atoms with Crippen molar-refractivity contribution in [1.82, 2.24) is 9.55 Å². The lowest BCUT2D eigenvalue weighted by Gasteiger charge is -2.10. The fraction of sp³-hybridized carbons (Fsp3) is 0.0556. The molecule has 124 valence electrons. The zero-order chi connectivity index (χ0) is 17.8. The van der Waals surface area contributed by atoms with E-state index in [0.717, 1.165) is 0 Å². The summed E-state index contributed by atoms with van der Waals surface area (Å²) < 4.78 is 20.1. The molecule has 25 heavy (non-hydrogen) atoms. The molecule has 0 saturated heterocycles. The summed E-state index contributed by atoms with van der Waals surface area (Å²) in [5.41, 5.74) is 1.30. The Morgan fingerprint density at radius 1 is 1.20 bits per heavy atom. The van der Waals surface area contributed by atoms with E-state index < -0.39 is 5.97 Å². The van der Waals surface area contributed by atoms with Crippen molar-refractivity contribution in [1.29, 1.82) is 5.26 Å². The number of thioether (sulfide) groups is 1. The van der Waals surface area contributed by atoms with Gasteiger partial charge in [-0.05, 0) is 54.8 Å². The molecule has 0 aliphatic rings. The van der Waals surface area contributed by atoms with Gasteiger partial charge in [-0.3, -0.25) is 4.57 Å². The van der Waals surface area contributed by atoms with Gasteiger partial charge in [-0.15, -0.1) is 0 Å². The molecule has 5 nitrogen and oxygen atoms in total. The monoisotopic (exact) mass is 353 g/mol. The Bertz CT molecular complexity index is 944. The minimum Gasteiger partial charge on any atom is -0.422 e. The topological polar surface area (TPSA) is 67.9 Å². The molecule has 0 fully saturated rings. The lowest BCUT2D eigenvalue weighted by Crippen LogP contribution is -2.14. The second-order valence-electron chi connectivity index (χ2n) is 4.97. The Hall–Kier alpha value is -3.11. The van der Waals surface area contributed by atoms with Crippen LogP contribution >= 0.6 is 11.8 Å². The second-order valence-corrected chi connectivity index (χ2v) is 5.74. The Kier molecular flexibility index (Phi) is 4.82. The van der Waals surface area contributed by atoms with Gasteiger partial charge in [0, 0.05) is 5.69 Å². The molecule has 3 aromatic rings. The minimum atomic E-state index is -0.596. The third-order valence-corrected chi connectivity index (χ3v) is 4.05. The highest BCUT2D eigenvalue weighted by molar-refractivity contribution is 7.98. The third-order valence-electron chi connectivity index (χ3n) is 3.40. The molecule has 0 amide bonds. The predicted octanol–water partition coefficient (Wildman–Crippen LogP) is 3.82. The summed E-state index contributed by atoms with van der Waals surface area (Å²) in [7, 11) is 0. The Morgan fingerprint density at radius 2 is 1.88 bits per heavy atom. The van der Waals surface area contributed by atoms with E-state index in [-0.39, 0.29) is 11.5 Å². The lowest BCUT2D eigenvalue weighted by atomic mass is 10.2. The lowest BCUT2D eigenvalue weighted by molar-refractivity contribution is 0.0725. The summed E-state index contributed by atoms with van der Waals surface area (Å²) in [4.78, 5) is 16.7. The van der Waals surface area contributed by atoms with Gasteiger partial charge in [-0.1, -0.05) is 11.8 Å². The number of esters is 1. The van der Waals surface area contributed by atoms with Crippen molar-refractivity contribution < 1.29 is 13.9 Å². The average molecular weight is 353 g/mol. The highest BCUT2D eigenvalue weighted by Crippen LogP contribution is 2.23. The highest BCUT2D eigenvalue weighted by Gasteiger charge is 2.19. The largest absolute Gasteiger partial charge is 0.422 e. The molecule has 1 aromatic heterocycles. The first kappa shape index (κ1) is 16.7. The number of aromatic nitrogens is 2. The number of carbonyl (C=O) groups excluding carboxylic acids is 1. The zero-order valence-corrected chi connectivity index (χ0v) is 14.0. The van der Waals surface area contributed by atoms with Crippen LogP contribution in [-0.2, 0) is 0 Å². The first-order valence-corrected chi connectivity index (χ1v) is 8.45. The molecule has 0 spiro atoms. The number of rotatable bonds is 4. The highest BCUT2D eigenvalue weighted by atomic mass is 32.2. The van der Waals surface area contributed by atoms with Crippen LogP contribution in [0.15, 0.2) is 59.9 Å². The second kappa shape index (κ2) is 7.20. The maximum Gasteiger partial charge on any atom is 0.362 e. The van der Waals surface area contributed by atoms with Gasteiger partial charge in [0.25, 0.3) is 0 Å². The first-order chi connectivity index (χ1) is 12.1. The number of carbonyl (C=O) groups is 1. The maximum absolute atomic E-state index is 13.2. The van der Waals surface area contributed by atoms with Gasteiger partial charge >= 0.3 is 5.97 Å². The van der Waals surface area contributed by atoms with Gasteiger partial charge in [0.1, 0.15) is 11.6 Å². The van der Waals surface area contributed by atoms with Gasteiger partial charge in [-0.2, -0.15) is 5.26 Å². The molecule has 1 heterocycles. The van der Waals surface area contributed by atoms with Crippen LogP contribution in [0, 0.1) is 17.1 Å². The van der Waals surface area contributed by atoms with Crippen LogP contribution in [0.25, 0.3) is 5.69 Å². The van der Waals surface area contributed by atoms with E-state index in [4.69, 9.17) is 10.00 Å². The molecule has 0 bridgehead atoms. The van der Waals surface area contributed by atoms with Crippen LogP contribution in [0.5, 0.6) is 5.75 Å². The number of hydrogen-bond acceptors (Lipinski definition) is 5. The van der Waals surface area contributed by atoms with Crippen LogP contribution in [0.3, 0.4) is 0 Å². The maximum atomic E-state index is 13.2. The van der Waals surface area contributed by atoms with Crippen LogP contribution < -0.4 is 4.74 Å². The molecule has 0 N–H and O–H groups in total. The molecule has 2 aromatic carbocycles. The zero-order valence-electron chi connectivity index (χ0n) is 13.1. The van der Waals surface area contributed by atoms with Crippen molar-refractivity contribution in [2.75, 3.05) is 6.26 Å². The summed E-state index contributed by atoms with van der Waals surface area (Å²) in [6.45, 7) is 0.